The lowest BCUT2D eigenvalue weighted by Crippen LogP contribution is -2.32. The van der Waals surface area contributed by atoms with Gasteiger partial charge in [0.2, 0.25) is 5.91 Å². The van der Waals surface area contributed by atoms with E-state index in [0.29, 0.717) is 12.1 Å². The first-order valence-electron chi connectivity index (χ1n) is 5.76. The summed E-state index contributed by atoms with van der Waals surface area (Å²) in [6.45, 7) is 0.630. The molecule has 92 valence electrons. The standard InChI is InChI=1S/C13H16FNO2/c14-11-3-1-2-10(6-11)7-12(17)15-8-13(9-16)4-5-13/h1-3,6,16H,4-5,7-9H2,(H,15,17). The summed E-state index contributed by atoms with van der Waals surface area (Å²) in [5, 5.41) is 11.9. The largest absolute Gasteiger partial charge is 0.396 e. The average molecular weight is 237 g/mol. The third-order valence-electron chi connectivity index (χ3n) is 3.21. The summed E-state index contributed by atoms with van der Waals surface area (Å²) < 4.78 is 12.9. The van der Waals surface area contributed by atoms with Crippen molar-refractivity contribution in [2.24, 2.45) is 5.41 Å². The van der Waals surface area contributed by atoms with Gasteiger partial charge in [0.15, 0.2) is 0 Å². The minimum Gasteiger partial charge on any atom is -0.396 e. The smallest absolute Gasteiger partial charge is 0.224 e. The Kier molecular flexibility index (Phi) is 3.43. The summed E-state index contributed by atoms with van der Waals surface area (Å²) in [5.41, 5.74) is 0.578. The number of carbonyl (C=O) groups excluding carboxylic acids is 1. The molecule has 0 spiro atoms. The van der Waals surface area contributed by atoms with Crippen LogP contribution in [0.25, 0.3) is 0 Å². The first kappa shape index (κ1) is 12.0. The molecule has 1 fully saturated rings. The second-order valence-corrected chi connectivity index (χ2v) is 4.74. The summed E-state index contributed by atoms with van der Waals surface area (Å²) in [6, 6.07) is 6.03. The number of nitrogens with one attached hydrogen (secondary N) is 1. The van der Waals surface area contributed by atoms with Gasteiger partial charge in [-0.25, -0.2) is 4.39 Å². The summed E-state index contributed by atoms with van der Waals surface area (Å²) in [6.07, 6.45) is 2.10. The van der Waals surface area contributed by atoms with Crippen LogP contribution in [0.1, 0.15) is 18.4 Å². The molecule has 0 saturated heterocycles. The number of rotatable bonds is 5. The highest BCUT2D eigenvalue weighted by molar-refractivity contribution is 5.78. The number of carbonyl (C=O) groups is 1. The number of aliphatic hydroxyl groups is 1. The zero-order chi connectivity index (χ0) is 12.3. The van der Waals surface area contributed by atoms with Gasteiger partial charge >= 0.3 is 0 Å². The van der Waals surface area contributed by atoms with Crippen LogP contribution in [0.2, 0.25) is 0 Å². The zero-order valence-corrected chi connectivity index (χ0v) is 9.58. The Morgan fingerprint density at radius 1 is 1.47 bits per heavy atom. The van der Waals surface area contributed by atoms with Gasteiger partial charge < -0.3 is 10.4 Å². The molecule has 1 amide bonds. The van der Waals surface area contributed by atoms with Crippen molar-refractivity contribution in [3.8, 4) is 0 Å². The van der Waals surface area contributed by atoms with Crippen molar-refractivity contribution in [3.05, 3.63) is 35.6 Å². The van der Waals surface area contributed by atoms with Crippen LogP contribution in [-0.2, 0) is 11.2 Å². The lowest BCUT2D eigenvalue weighted by Gasteiger charge is -2.12. The molecule has 0 atom stereocenters. The van der Waals surface area contributed by atoms with E-state index in [4.69, 9.17) is 5.11 Å². The van der Waals surface area contributed by atoms with Crippen LogP contribution in [-0.4, -0.2) is 24.2 Å². The highest BCUT2D eigenvalue weighted by Gasteiger charge is 2.41. The Morgan fingerprint density at radius 2 is 2.24 bits per heavy atom. The monoisotopic (exact) mass is 237 g/mol. The van der Waals surface area contributed by atoms with E-state index >= 15 is 0 Å². The fraction of sp³-hybridized carbons (Fsp3) is 0.462. The molecule has 4 heteroatoms. The molecule has 17 heavy (non-hydrogen) atoms. The van der Waals surface area contributed by atoms with E-state index in [1.807, 2.05) is 0 Å². The lowest BCUT2D eigenvalue weighted by molar-refractivity contribution is -0.120. The molecule has 1 aliphatic carbocycles. The molecule has 1 aromatic rings. The number of benzene rings is 1. The minimum absolute atomic E-state index is 0.0857. The quantitative estimate of drug-likeness (QED) is 0.810. The van der Waals surface area contributed by atoms with E-state index in [9.17, 15) is 9.18 Å². The van der Waals surface area contributed by atoms with Gasteiger partial charge in [-0.15, -0.1) is 0 Å². The van der Waals surface area contributed by atoms with E-state index in [1.165, 1.54) is 12.1 Å². The summed E-state index contributed by atoms with van der Waals surface area (Å²) in [4.78, 5) is 11.6. The Morgan fingerprint density at radius 3 is 2.82 bits per heavy atom. The highest BCUT2D eigenvalue weighted by Crippen LogP contribution is 2.44. The highest BCUT2D eigenvalue weighted by atomic mass is 19.1. The molecule has 0 aliphatic heterocycles. The molecule has 2 N–H and O–H groups in total. The van der Waals surface area contributed by atoms with E-state index in [1.54, 1.807) is 12.1 Å². The number of halogens is 1. The van der Waals surface area contributed by atoms with Gasteiger partial charge in [0, 0.05) is 12.0 Å². The Hall–Kier alpha value is -1.42. The van der Waals surface area contributed by atoms with Gasteiger partial charge in [-0.2, -0.15) is 0 Å². The van der Waals surface area contributed by atoms with Crippen molar-refractivity contribution in [2.75, 3.05) is 13.2 Å². The van der Waals surface area contributed by atoms with Crippen molar-refractivity contribution in [1.29, 1.82) is 0 Å². The maximum absolute atomic E-state index is 12.9. The van der Waals surface area contributed by atoms with E-state index < -0.39 is 0 Å². The number of hydrogen-bond acceptors (Lipinski definition) is 2. The zero-order valence-electron chi connectivity index (χ0n) is 9.58. The maximum atomic E-state index is 12.9. The van der Waals surface area contributed by atoms with Crippen LogP contribution >= 0.6 is 0 Å². The topological polar surface area (TPSA) is 49.3 Å². The fourth-order valence-electron chi connectivity index (χ4n) is 1.75. The molecular weight excluding hydrogens is 221 g/mol. The Balaban J connectivity index is 1.81. The molecule has 3 nitrogen and oxygen atoms in total. The number of amides is 1. The molecule has 0 unspecified atom stereocenters. The van der Waals surface area contributed by atoms with Gasteiger partial charge in [-0.1, -0.05) is 12.1 Å². The lowest BCUT2D eigenvalue weighted by atomic mass is 10.1. The predicted octanol–water partition coefficient (Wildman–Crippen LogP) is 1.26. The van der Waals surface area contributed by atoms with Crippen molar-refractivity contribution in [2.45, 2.75) is 19.3 Å². The van der Waals surface area contributed by atoms with Crippen molar-refractivity contribution in [1.82, 2.24) is 5.32 Å². The first-order chi connectivity index (χ1) is 8.13. The summed E-state index contributed by atoms with van der Waals surface area (Å²) in [5.74, 6) is -0.459. The van der Waals surface area contributed by atoms with Gasteiger partial charge in [0.1, 0.15) is 5.82 Å². The second-order valence-electron chi connectivity index (χ2n) is 4.74. The third kappa shape index (κ3) is 3.27. The van der Waals surface area contributed by atoms with Crippen molar-refractivity contribution >= 4 is 5.91 Å². The van der Waals surface area contributed by atoms with Crippen LogP contribution < -0.4 is 5.32 Å². The molecule has 1 aliphatic rings. The molecule has 0 heterocycles. The van der Waals surface area contributed by atoms with Crippen LogP contribution in [0, 0.1) is 11.2 Å². The van der Waals surface area contributed by atoms with Crippen LogP contribution in [0.5, 0.6) is 0 Å². The van der Waals surface area contributed by atoms with Gasteiger partial charge in [-0.3, -0.25) is 4.79 Å². The molecule has 2 rings (SSSR count). The summed E-state index contributed by atoms with van der Waals surface area (Å²) >= 11 is 0. The van der Waals surface area contributed by atoms with Gasteiger partial charge in [0.25, 0.3) is 0 Å². The number of hydrogen-bond donors (Lipinski definition) is 2. The van der Waals surface area contributed by atoms with Crippen LogP contribution in [0.15, 0.2) is 24.3 Å². The third-order valence-corrected chi connectivity index (χ3v) is 3.21. The summed E-state index contributed by atoms with van der Waals surface area (Å²) in [7, 11) is 0. The van der Waals surface area contributed by atoms with Gasteiger partial charge in [0.05, 0.1) is 13.0 Å². The SMILES string of the molecule is O=C(Cc1cccc(F)c1)NCC1(CO)CC1. The van der Waals surface area contributed by atoms with Gasteiger partial charge in [-0.05, 0) is 30.5 Å². The molecule has 0 aromatic heterocycles. The predicted molar refractivity (Wildman–Crippen MR) is 61.9 cm³/mol. The van der Waals surface area contributed by atoms with E-state index in [2.05, 4.69) is 5.32 Å². The molecule has 0 radical (unpaired) electrons. The normalized spacial score (nSPS) is 16.6. The Bertz CT molecular complexity index is 416. The minimum atomic E-state index is -0.329. The van der Waals surface area contributed by atoms with Crippen molar-refractivity contribution < 1.29 is 14.3 Å². The molecular formula is C13H16FNO2. The van der Waals surface area contributed by atoms with Crippen LogP contribution in [0.4, 0.5) is 4.39 Å². The fourth-order valence-corrected chi connectivity index (χ4v) is 1.75. The molecule has 0 bridgehead atoms. The number of aliphatic hydroxyl groups excluding tert-OH is 1. The maximum Gasteiger partial charge on any atom is 0.224 e. The van der Waals surface area contributed by atoms with Crippen molar-refractivity contribution in [3.63, 3.8) is 0 Å². The second kappa shape index (κ2) is 4.84. The van der Waals surface area contributed by atoms with E-state index in [-0.39, 0.29) is 30.2 Å². The first-order valence-corrected chi connectivity index (χ1v) is 5.76. The molecule has 1 saturated carbocycles. The average Bonchev–Trinajstić information content (AvgIpc) is 3.07. The molecule has 1 aromatic carbocycles. The van der Waals surface area contributed by atoms with E-state index in [0.717, 1.165) is 12.8 Å². The Labute approximate surface area is 99.7 Å². The van der Waals surface area contributed by atoms with Crippen LogP contribution in [0.3, 0.4) is 0 Å².